The maximum atomic E-state index is 13.8. The molecule has 422 valence electrons. The zero-order valence-electron chi connectivity index (χ0n) is 44.0. The van der Waals surface area contributed by atoms with Gasteiger partial charge in [0.2, 0.25) is 0 Å². The number of ether oxygens (including phenoxy) is 10. The highest BCUT2D eigenvalue weighted by atomic mass is 32.2. The van der Waals surface area contributed by atoms with Crippen molar-refractivity contribution in [1.82, 2.24) is 0 Å². The van der Waals surface area contributed by atoms with E-state index >= 15 is 0 Å². The van der Waals surface area contributed by atoms with Gasteiger partial charge in [-0.25, -0.2) is 19.2 Å². The van der Waals surface area contributed by atoms with Crippen LogP contribution in [-0.2, 0) is 57.3 Å². The van der Waals surface area contributed by atoms with E-state index in [0.29, 0.717) is 79.0 Å². The van der Waals surface area contributed by atoms with Crippen molar-refractivity contribution in [1.29, 1.82) is 5.26 Å². The monoisotopic (exact) mass is 1130 g/mol. The van der Waals surface area contributed by atoms with Crippen LogP contribution >= 0.6 is 11.8 Å². The van der Waals surface area contributed by atoms with Crippen molar-refractivity contribution in [3.8, 4) is 40.6 Å². The third-order valence-corrected chi connectivity index (χ3v) is 14.4. The summed E-state index contributed by atoms with van der Waals surface area (Å²) in [7, 11) is 0. The number of fused-ring (bicyclic) bond motifs is 1. The Balaban J connectivity index is 0.900. The maximum absolute atomic E-state index is 13.8. The van der Waals surface area contributed by atoms with Gasteiger partial charge in [-0.15, -0.1) is 0 Å². The molecule has 0 amide bonds. The fourth-order valence-electron chi connectivity index (χ4n) is 8.75. The molecule has 21 heteroatoms. The number of anilines is 1. The molecular formula is C60H58N2O18S. The summed E-state index contributed by atoms with van der Waals surface area (Å²) in [6.45, 7) is 12.6. The Morgan fingerprint density at radius 3 is 1.26 bits per heavy atom. The lowest BCUT2D eigenvalue weighted by Crippen LogP contribution is -2.30. The molecule has 2 fully saturated rings. The first-order valence-corrected chi connectivity index (χ1v) is 26.7. The SMILES string of the molecule is C=CC(=O)OCC(COc1ccc(OC(=O)C2CCC(C(=O)Oc3ccc(OC(=O)C4CCC(C(=O)Oc5ccc(OCC(COC(=O)C=C)OC(=O)C=C)cc5)CC4)c4c3NC(c3ccc(C#N)cc3)S4)CC2)cc1)OC(=O)C=C. The topological polar surface area (TPSA) is 265 Å². The van der Waals surface area contributed by atoms with Crippen LogP contribution in [0.4, 0.5) is 5.69 Å². The molecule has 4 aromatic carbocycles. The minimum Gasteiger partial charge on any atom is -0.490 e. The van der Waals surface area contributed by atoms with Crippen molar-refractivity contribution >= 4 is 65.2 Å². The number of nitriles is 1. The van der Waals surface area contributed by atoms with E-state index in [1.165, 1.54) is 11.8 Å². The van der Waals surface area contributed by atoms with E-state index in [4.69, 9.17) is 47.4 Å². The molecule has 0 radical (unpaired) electrons. The molecule has 81 heavy (non-hydrogen) atoms. The van der Waals surface area contributed by atoms with Gasteiger partial charge in [0.1, 0.15) is 60.5 Å². The molecule has 3 aliphatic rings. The van der Waals surface area contributed by atoms with E-state index in [9.17, 15) is 43.6 Å². The van der Waals surface area contributed by atoms with E-state index in [2.05, 4.69) is 37.7 Å². The molecule has 1 heterocycles. The van der Waals surface area contributed by atoms with Gasteiger partial charge in [-0.1, -0.05) is 50.2 Å². The second-order valence-corrected chi connectivity index (χ2v) is 19.8. The Hall–Kier alpha value is -9.16. The van der Waals surface area contributed by atoms with Crippen molar-refractivity contribution in [2.75, 3.05) is 31.7 Å². The lowest BCUT2D eigenvalue weighted by molar-refractivity contribution is -0.154. The van der Waals surface area contributed by atoms with E-state index in [1.54, 1.807) is 72.8 Å². The minimum absolute atomic E-state index is 0.148. The molecule has 0 aromatic heterocycles. The summed E-state index contributed by atoms with van der Waals surface area (Å²) in [5.74, 6) is -4.94. The zero-order valence-corrected chi connectivity index (χ0v) is 44.8. The largest absolute Gasteiger partial charge is 0.490 e. The average Bonchev–Trinajstić information content (AvgIpc) is 4.03. The summed E-state index contributed by atoms with van der Waals surface area (Å²) >= 11 is 1.36. The molecule has 2 saturated carbocycles. The number of nitrogens with one attached hydrogen (secondary N) is 1. The summed E-state index contributed by atoms with van der Waals surface area (Å²) in [5, 5.41) is 12.4. The van der Waals surface area contributed by atoms with E-state index in [0.717, 1.165) is 29.9 Å². The Morgan fingerprint density at radius 1 is 0.494 bits per heavy atom. The molecule has 7 rings (SSSR count). The van der Waals surface area contributed by atoms with Crippen LogP contribution in [0.5, 0.6) is 34.5 Å². The predicted octanol–water partition coefficient (Wildman–Crippen LogP) is 8.82. The molecule has 3 unspecified atom stereocenters. The fourth-order valence-corrected chi connectivity index (χ4v) is 9.96. The summed E-state index contributed by atoms with van der Waals surface area (Å²) in [5.41, 5.74) is 1.74. The third kappa shape index (κ3) is 17.2. The lowest BCUT2D eigenvalue weighted by atomic mass is 9.82. The number of esters is 8. The number of thioether (sulfide) groups is 1. The van der Waals surface area contributed by atoms with Gasteiger partial charge in [-0.2, -0.15) is 5.26 Å². The molecule has 2 aliphatic carbocycles. The fraction of sp³-hybridized carbons (Fsp3) is 0.317. The Morgan fingerprint density at radius 2 is 0.864 bits per heavy atom. The van der Waals surface area contributed by atoms with Crippen LogP contribution in [0.2, 0.25) is 0 Å². The van der Waals surface area contributed by atoms with Gasteiger partial charge in [0.05, 0.1) is 45.9 Å². The Kier molecular flexibility index (Phi) is 21.4. The molecule has 20 nitrogen and oxygen atoms in total. The summed E-state index contributed by atoms with van der Waals surface area (Å²) in [6.07, 6.45) is 4.99. The molecule has 1 N–H and O–H groups in total. The van der Waals surface area contributed by atoms with Gasteiger partial charge < -0.3 is 52.7 Å². The van der Waals surface area contributed by atoms with Crippen molar-refractivity contribution < 1.29 is 85.7 Å². The minimum atomic E-state index is -0.930. The van der Waals surface area contributed by atoms with Crippen molar-refractivity contribution in [2.45, 2.75) is 73.8 Å². The Labute approximate surface area is 470 Å². The van der Waals surface area contributed by atoms with Crippen LogP contribution < -0.4 is 33.7 Å². The van der Waals surface area contributed by atoms with Gasteiger partial charge in [0, 0.05) is 24.3 Å². The first-order valence-electron chi connectivity index (χ1n) is 25.8. The number of rotatable bonds is 25. The standard InChI is InChI=1S/C60H58N2O18S/c1-5-50(63)73-34-46(75-52(65)7-3)32-71-42-21-25-44(26-22-42)77-57(67)38-13-17-40(18-14-38)59(69)79-48-29-30-49(55-54(48)62-56(81-55)37-11-9-36(31-61)10-12-37)80-60(70)41-19-15-39(16-20-41)58(68)78-45-27-23-43(24-28-45)72-33-47(76-53(66)8-4)35-74-51(64)6-2/h5-12,21-30,38-41,46-47,56,62H,1-4,13-20,32-35H2. The van der Waals surface area contributed by atoms with Crippen LogP contribution in [0.15, 0.2) is 140 Å². The molecule has 0 spiro atoms. The van der Waals surface area contributed by atoms with Gasteiger partial charge in [0.15, 0.2) is 18.0 Å². The van der Waals surface area contributed by atoms with Crippen LogP contribution in [-0.4, -0.2) is 86.4 Å². The number of carbonyl (C=O) groups excluding carboxylic acids is 8. The number of nitrogens with zero attached hydrogens (tertiary/aromatic N) is 1. The quantitative estimate of drug-likeness (QED) is 0.0281. The van der Waals surface area contributed by atoms with Crippen LogP contribution in [0.1, 0.15) is 67.9 Å². The van der Waals surface area contributed by atoms with E-state index in [1.807, 2.05) is 12.1 Å². The van der Waals surface area contributed by atoms with Crippen LogP contribution in [0.3, 0.4) is 0 Å². The van der Waals surface area contributed by atoms with E-state index in [-0.39, 0.29) is 49.4 Å². The number of benzene rings is 4. The van der Waals surface area contributed by atoms with Gasteiger partial charge in [-0.3, -0.25) is 19.2 Å². The van der Waals surface area contributed by atoms with Crippen LogP contribution in [0.25, 0.3) is 0 Å². The van der Waals surface area contributed by atoms with Crippen molar-refractivity contribution in [3.63, 3.8) is 0 Å². The second-order valence-electron chi connectivity index (χ2n) is 18.7. The highest BCUT2D eigenvalue weighted by molar-refractivity contribution is 8.00. The summed E-state index contributed by atoms with van der Waals surface area (Å²) < 4.78 is 55.2. The smallest absolute Gasteiger partial charge is 0.330 e. The van der Waals surface area contributed by atoms with Gasteiger partial charge >= 0.3 is 47.8 Å². The van der Waals surface area contributed by atoms with E-state index < -0.39 is 89.0 Å². The Bertz CT molecular complexity index is 2850. The highest BCUT2D eigenvalue weighted by Crippen LogP contribution is 2.55. The molecule has 1 aliphatic heterocycles. The zero-order chi connectivity index (χ0) is 57.8. The first-order chi connectivity index (χ1) is 39.1. The highest BCUT2D eigenvalue weighted by Gasteiger charge is 2.37. The number of carbonyl (C=O) groups is 8. The predicted molar refractivity (Wildman–Crippen MR) is 290 cm³/mol. The maximum Gasteiger partial charge on any atom is 0.330 e. The summed E-state index contributed by atoms with van der Waals surface area (Å²) in [4.78, 5) is 101. The molecule has 0 bridgehead atoms. The number of hydrogen-bond acceptors (Lipinski definition) is 21. The van der Waals surface area contributed by atoms with Gasteiger partial charge in [0.25, 0.3) is 0 Å². The first kappa shape index (κ1) is 59.5. The molecule has 3 atom stereocenters. The lowest BCUT2D eigenvalue weighted by Gasteiger charge is -2.26. The van der Waals surface area contributed by atoms with Crippen molar-refractivity contribution in [3.05, 3.63) is 147 Å². The van der Waals surface area contributed by atoms with Crippen LogP contribution in [0, 0.1) is 35.0 Å². The second kappa shape index (κ2) is 29.2. The summed E-state index contributed by atoms with van der Waals surface area (Å²) in [6, 6.07) is 24.7. The molecule has 4 aromatic rings. The third-order valence-electron chi connectivity index (χ3n) is 13.2. The molecule has 0 saturated heterocycles. The van der Waals surface area contributed by atoms with Gasteiger partial charge in [-0.05, 0) is 130 Å². The average molecular weight is 1130 g/mol. The normalized spacial score (nSPS) is 18.6. The molecular weight excluding hydrogens is 1070 g/mol. The van der Waals surface area contributed by atoms with Crippen molar-refractivity contribution in [2.24, 2.45) is 23.7 Å². The number of hydrogen-bond donors (Lipinski definition) is 1.